The van der Waals surface area contributed by atoms with E-state index in [1.54, 1.807) is 0 Å². The second kappa shape index (κ2) is 28.7. The highest BCUT2D eigenvalue weighted by Crippen LogP contribution is 2.15. The van der Waals surface area contributed by atoms with E-state index in [4.69, 9.17) is 9.47 Å². The summed E-state index contributed by atoms with van der Waals surface area (Å²) in [5.41, 5.74) is 0. The Labute approximate surface area is 251 Å². The monoisotopic (exact) mass is 584 g/mol. The smallest absolute Gasteiger partial charge is 0.306 e. The lowest BCUT2D eigenvalue weighted by Gasteiger charge is -2.16. The molecule has 0 aliphatic carbocycles. The third-order valence-corrected chi connectivity index (χ3v) is 7.80. The Kier molecular flexibility index (Phi) is 27.7. The maximum atomic E-state index is 12.1. The Balaban J connectivity index is 3.74. The van der Waals surface area contributed by atoms with Gasteiger partial charge in [-0.05, 0) is 44.4 Å². The first kappa shape index (κ1) is 39.6. The van der Waals surface area contributed by atoms with Crippen LogP contribution in [0.2, 0.25) is 0 Å². The maximum absolute atomic E-state index is 12.1. The van der Waals surface area contributed by atoms with E-state index in [9.17, 15) is 24.9 Å². The van der Waals surface area contributed by atoms with Crippen molar-refractivity contribution in [1.82, 2.24) is 0 Å². The Bertz CT molecular complexity index is 637. The van der Waals surface area contributed by atoms with Gasteiger partial charge in [0.05, 0.1) is 18.8 Å². The number of ether oxygens (including phenoxy) is 2. The molecule has 0 heterocycles. The molecule has 0 bridgehead atoms. The van der Waals surface area contributed by atoms with Gasteiger partial charge in [0.25, 0.3) is 0 Å². The van der Waals surface area contributed by atoms with Crippen molar-refractivity contribution in [3.8, 4) is 0 Å². The lowest BCUT2D eigenvalue weighted by atomic mass is 10.00. The number of aliphatic hydroxyl groups is 3. The molecule has 7 heteroatoms. The SMILES string of the molecule is CCCCC/C=C\C[C@@H](O)[C@H](O)CCCCCCCC(=O)OC[C@H](CO)OC(=O)CCCCCCCCC(C)CC. The van der Waals surface area contributed by atoms with Crippen molar-refractivity contribution >= 4 is 11.9 Å². The van der Waals surface area contributed by atoms with E-state index in [0.717, 1.165) is 57.3 Å². The summed E-state index contributed by atoms with van der Waals surface area (Å²) in [6.45, 7) is 6.22. The number of carbonyl (C=O) groups is 2. The van der Waals surface area contributed by atoms with Gasteiger partial charge in [-0.1, -0.05) is 116 Å². The van der Waals surface area contributed by atoms with Gasteiger partial charge in [-0.2, -0.15) is 0 Å². The van der Waals surface area contributed by atoms with Crippen LogP contribution in [0.3, 0.4) is 0 Å². The van der Waals surface area contributed by atoms with Gasteiger partial charge in [0.1, 0.15) is 6.61 Å². The van der Waals surface area contributed by atoms with Crippen molar-refractivity contribution in [1.29, 1.82) is 0 Å². The molecule has 1 unspecified atom stereocenters. The van der Waals surface area contributed by atoms with Gasteiger partial charge >= 0.3 is 11.9 Å². The standard InChI is InChI=1S/C34H64O7/c1-4-6-7-8-13-18-23-31(36)32(37)24-19-14-11-16-20-25-33(38)40-28-30(27-35)41-34(39)26-21-15-10-9-12-17-22-29(3)5-2/h13,18,29-32,35-37H,4-12,14-17,19-28H2,1-3H3/b18-13-/t29?,30-,31+,32+/m0/s1. The van der Waals surface area contributed by atoms with Crippen molar-refractivity contribution < 1.29 is 34.4 Å². The molecule has 0 aromatic carbocycles. The molecule has 3 N–H and O–H groups in total. The van der Waals surface area contributed by atoms with Crippen LogP contribution in [-0.2, 0) is 19.1 Å². The largest absolute Gasteiger partial charge is 0.462 e. The third kappa shape index (κ3) is 26.0. The van der Waals surface area contributed by atoms with E-state index in [1.807, 2.05) is 6.08 Å². The van der Waals surface area contributed by atoms with Crippen molar-refractivity contribution in [2.75, 3.05) is 13.2 Å². The minimum atomic E-state index is -0.815. The zero-order chi connectivity index (χ0) is 30.6. The molecule has 0 radical (unpaired) electrons. The van der Waals surface area contributed by atoms with Gasteiger partial charge in [0, 0.05) is 12.8 Å². The minimum Gasteiger partial charge on any atom is -0.462 e. The van der Waals surface area contributed by atoms with Crippen LogP contribution < -0.4 is 0 Å². The van der Waals surface area contributed by atoms with E-state index in [0.29, 0.717) is 25.7 Å². The van der Waals surface area contributed by atoms with E-state index in [1.165, 1.54) is 51.4 Å². The zero-order valence-corrected chi connectivity index (χ0v) is 26.7. The Hall–Kier alpha value is -1.44. The highest BCUT2D eigenvalue weighted by atomic mass is 16.6. The van der Waals surface area contributed by atoms with E-state index < -0.39 is 18.3 Å². The van der Waals surface area contributed by atoms with Gasteiger partial charge in [0.15, 0.2) is 6.10 Å². The first-order valence-electron chi connectivity index (χ1n) is 16.8. The summed E-state index contributed by atoms with van der Waals surface area (Å²) in [4.78, 5) is 24.1. The molecule has 0 aliphatic heterocycles. The van der Waals surface area contributed by atoms with Gasteiger partial charge in [-0.15, -0.1) is 0 Å². The van der Waals surface area contributed by atoms with Crippen molar-refractivity contribution in [3.05, 3.63) is 12.2 Å². The summed E-state index contributed by atoms with van der Waals surface area (Å²) in [5, 5.41) is 29.7. The number of rotatable bonds is 29. The first-order chi connectivity index (χ1) is 19.8. The number of hydrogen-bond donors (Lipinski definition) is 3. The van der Waals surface area contributed by atoms with Crippen LogP contribution in [-0.4, -0.2) is 58.8 Å². The molecule has 41 heavy (non-hydrogen) atoms. The van der Waals surface area contributed by atoms with E-state index in [2.05, 4.69) is 26.8 Å². The molecule has 0 fully saturated rings. The van der Waals surface area contributed by atoms with Gasteiger partial charge in [-0.3, -0.25) is 9.59 Å². The molecule has 0 aromatic heterocycles. The van der Waals surface area contributed by atoms with Crippen LogP contribution in [0.1, 0.15) is 156 Å². The fourth-order valence-electron chi connectivity index (χ4n) is 4.67. The molecule has 0 saturated carbocycles. The molecule has 0 saturated heterocycles. The molecule has 0 rings (SSSR count). The lowest BCUT2D eigenvalue weighted by Crippen LogP contribution is -2.28. The second-order valence-corrected chi connectivity index (χ2v) is 11.8. The van der Waals surface area contributed by atoms with Crippen LogP contribution in [0.15, 0.2) is 12.2 Å². The average molecular weight is 585 g/mol. The van der Waals surface area contributed by atoms with Crippen molar-refractivity contribution in [2.24, 2.45) is 5.92 Å². The number of allylic oxidation sites excluding steroid dienone is 1. The van der Waals surface area contributed by atoms with Gasteiger partial charge in [0.2, 0.25) is 0 Å². The normalized spacial score (nSPS) is 14.6. The number of aliphatic hydroxyl groups excluding tert-OH is 3. The predicted molar refractivity (Wildman–Crippen MR) is 167 cm³/mol. The fraction of sp³-hybridized carbons (Fsp3) is 0.882. The first-order valence-corrected chi connectivity index (χ1v) is 16.8. The molecule has 0 spiro atoms. The lowest BCUT2D eigenvalue weighted by molar-refractivity contribution is -0.161. The molecular formula is C34H64O7. The highest BCUT2D eigenvalue weighted by Gasteiger charge is 2.16. The molecule has 0 amide bonds. The Morgan fingerprint density at radius 2 is 1.29 bits per heavy atom. The van der Waals surface area contributed by atoms with Gasteiger partial charge < -0.3 is 24.8 Å². The average Bonchev–Trinajstić information content (AvgIpc) is 2.97. The summed E-state index contributed by atoms with van der Waals surface area (Å²) in [6, 6.07) is 0. The number of esters is 2. The summed E-state index contributed by atoms with van der Waals surface area (Å²) in [7, 11) is 0. The summed E-state index contributed by atoms with van der Waals surface area (Å²) >= 11 is 0. The van der Waals surface area contributed by atoms with E-state index in [-0.39, 0.29) is 31.6 Å². The van der Waals surface area contributed by atoms with Crippen LogP contribution in [0.5, 0.6) is 0 Å². The van der Waals surface area contributed by atoms with E-state index >= 15 is 0 Å². The Morgan fingerprint density at radius 1 is 0.707 bits per heavy atom. The summed E-state index contributed by atoms with van der Waals surface area (Å²) in [6.07, 6.45) is 21.6. The Morgan fingerprint density at radius 3 is 1.90 bits per heavy atom. The van der Waals surface area contributed by atoms with Crippen molar-refractivity contribution in [3.63, 3.8) is 0 Å². The quantitative estimate of drug-likeness (QED) is 0.0472. The summed E-state index contributed by atoms with van der Waals surface area (Å²) in [5.74, 6) is 0.104. The summed E-state index contributed by atoms with van der Waals surface area (Å²) < 4.78 is 10.5. The van der Waals surface area contributed by atoms with Crippen LogP contribution in [0.25, 0.3) is 0 Å². The van der Waals surface area contributed by atoms with Crippen LogP contribution in [0.4, 0.5) is 0 Å². The number of carbonyl (C=O) groups excluding carboxylic acids is 2. The zero-order valence-electron chi connectivity index (χ0n) is 26.7. The maximum Gasteiger partial charge on any atom is 0.306 e. The third-order valence-electron chi connectivity index (χ3n) is 7.80. The number of hydrogen-bond acceptors (Lipinski definition) is 7. The molecular weight excluding hydrogens is 520 g/mol. The minimum absolute atomic E-state index is 0.120. The van der Waals surface area contributed by atoms with Crippen LogP contribution >= 0.6 is 0 Å². The topological polar surface area (TPSA) is 113 Å². The molecule has 7 nitrogen and oxygen atoms in total. The van der Waals surface area contributed by atoms with Crippen LogP contribution in [0, 0.1) is 5.92 Å². The molecule has 242 valence electrons. The molecule has 4 atom stereocenters. The van der Waals surface area contributed by atoms with Crippen molar-refractivity contribution in [2.45, 2.75) is 174 Å². The fourth-order valence-corrected chi connectivity index (χ4v) is 4.67. The predicted octanol–water partition coefficient (Wildman–Crippen LogP) is 7.58. The molecule has 0 aromatic rings. The second-order valence-electron chi connectivity index (χ2n) is 11.8. The highest BCUT2D eigenvalue weighted by molar-refractivity contribution is 5.70. The number of unbranched alkanes of at least 4 members (excludes halogenated alkanes) is 12. The molecule has 0 aliphatic rings. The van der Waals surface area contributed by atoms with Gasteiger partial charge in [-0.25, -0.2) is 0 Å².